The Morgan fingerprint density at radius 1 is 0.400 bits per heavy atom. The monoisotopic (exact) mass is 471 g/mol. The Bertz CT molecular complexity index is 1600. The minimum atomic E-state index is 0.353. The molecule has 6 aromatic rings. The molecule has 0 unspecified atom stereocenters. The lowest BCUT2D eigenvalue weighted by atomic mass is 10.1. The van der Waals surface area contributed by atoms with Crippen molar-refractivity contribution in [1.82, 2.24) is 24.9 Å². The molecule has 2 aromatic heterocycles. The molecule has 6 rings (SSSR count). The first kappa shape index (κ1) is 21.1. The number of hydrogen-bond acceptors (Lipinski definition) is 5. The maximum absolute atomic E-state index is 6.53. The molecule has 0 atom stereocenters. The molecule has 0 saturated heterocycles. The van der Waals surface area contributed by atoms with Gasteiger partial charge in [-0.25, -0.2) is 24.9 Å². The predicted octanol–water partition coefficient (Wildman–Crippen LogP) is 7.14. The predicted molar refractivity (Wildman–Crippen MR) is 140 cm³/mol. The fourth-order valence-corrected chi connectivity index (χ4v) is 4.15. The maximum Gasteiger partial charge on any atom is 0.164 e. The molecule has 0 N–H and O–H groups in total. The molecule has 4 aromatic carbocycles. The number of hydrogen-bond donors (Lipinski definition) is 0. The molecule has 0 aliphatic carbocycles. The Kier molecular flexibility index (Phi) is 5.45. The van der Waals surface area contributed by atoms with Crippen molar-refractivity contribution in [2.75, 3.05) is 0 Å². The third kappa shape index (κ3) is 4.25. The van der Waals surface area contributed by atoms with E-state index in [0.29, 0.717) is 28.3 Å². The summed E-state index contributed by atoms with van der Waals surface area (Å²) in [5.74, 6) is 1.80. The van der Waals surface area contributed by atoms with Gasteiger partial charge in [0.05, 0.1) is 11.0 Å². The zero-order chi connectivity index (χ0) is 23.6. The summed E-state index contributed by atoms with van der Waals surface area (Å²) in [7, 11) is 0. The van der Waals surface area contributed by atoms with Gasteiger partial charge in [-0.1, -0.05) is 103 Å². The first-order chi connectivity index (χ1) is 17.2. The molecule has 2 heterocycles. The van der Waals surface area contributed by atoms with Crippen LogP contribution in [0.3, 0.4) is 0 Å². The Hall–Kier alpha value is -4.48. The van der Waals surface area contributed by atoms with Gasteiger partial charge in [0.15, 0.2) is 22.6 Å². The average Bonchev–Trinajstić information content (AvgIpc) is 2.93. The summed E-state index contributed by atoms with van der Waals surface area (Å²) in [6.45, 7) is 0. The maximum atomic E-state index is 6.53. The summed E-state index contributed by atoms with van der Waals surface area (Å²) in [4.78, 5) is 23.7. The van der Waals surface area contributed by atoms with Gasteiger partial charge in [-0.15, -0.1) is 0 Å². The van der Waals surface area contributed by atoms with E-state index in [0.717, 1.165) is 33.3 Å². The SMILES string of the molecule is Clc1nc2ccccc2nc1-c1cccc(-c2nc(-c3ccccc3)nc(-c3ccccc3)n2)c1. The summed E-state index contributed by atoms with van der Waals surface area (Å²) in [6, 6.07) is 35.4. The van der Waals surface area contributed by atoms with Crippen molar-refractivity contribution in [3.8, 4) is 45.4 Å². The van der Waals surface area contributed by atoms with Crippen LogP contribution in [0.25, 0.3) is 56.5 Å². The van der Waals surface area contributed by atoms with Crippen LogP contribution in [-0.4, -0.2) is 24.9 Å². The minimum Gasteiger partial charge on any atom is -0.243 e. The fraction of sp³-hybridized carbons (Fsp3) is 0. The van der Waals surface area contributed by atoms with Gasteiger partial charge in [0.1, 0.15) is 5.69 Å². The van der Waals surface area contributed by atoms with E-state index in [9.17, 15) is 0 Å². The smallest absolute Gasteiger partial charge is 0.164 e. The van der Waals surface area contributed by atoms with E-state index in [2.05, 4.69) is 4.98 Å². The van der Waals surface area contributed by atoms with Crippen LogP contribution < -0.4 is 0 Å². The summed E-state index contributed by atoms with van der Waals surface area (Å²) < 4.78 is 0. The Morgan fingerprint density at radius 3 is 1.46 bits per heavy atom. The van der Waals surface area contributed by atoms with Crippen molar-refractivity contribution in [1.29, 1.82) is 0 Å². The lowest BCUT2D eigenvalue weighted by molar-refractivity contribution is 1.07. The van der Waals surface area contributed by atoms with Crippen molar-refractivity contribution >= 4 is 22.6 Å². The second-order valence-electron chi connectivity index (χ2n) is 7.97. The summed E-state index contributed by atoms with van der Waals surface area (Å²) in [6.07, 6.45) is 0. The Labute approximate surface area is 207 Å². The van der Waals surface area contributed by atoms with Crippen LogP contribution in [0.2, 0.25) is 5.15 Å². The number of para-hydroxylation sites is 2. The molecule has 0 amide bonds. The number of aromatic nitrogens is 5. The van der Waals surface area contributed by atoms with Gasteiger partial charge >= 0.3 is 0 Å². The van der Waals surface area contributed by atoms with Gasteiger partial charge in [-0.05, 0) is 18.2 Å². The second kappa shape index (κ2) is 9.05. The van der Waals surface area contributed by atoms with Gasteiger partial charge in [-0.2, -0.15) is 0 Å². The van der Waals surface area contributed by atoms with Crippen LogP contribution in [-0.2, 0) is 0 Å². The fourth-order valence-electron chi connectivity index (χ4n) is 3.91. The average molecular weight is 472 g/mol. The van der Waals surface area contributed by atoms with Crippen LogP contribution in [0.4, 0.5) is 0 Å². The molecule has 0 spiro atoms. The van der Waals surface area contributed by atoms with Gasteiger partial charge in [0, 0.05) is 22.3 Å². The molecule has 0 aliphatic heterocycles. The molecular weight excluding hydrogens is 454 g/mol. The lowest BCUT2D eigenvalue weighted by Crippen LogP contribution is -2.00. The molecule has 0 aliphatic rings. The molecule has 0 radical (unpaired) electrons. The highest BCUT2D eigenvalue weighted by atomic mass is 35.5. The molecule has 0 saturated carbocycles. The molecule has 166 valence electrons. The topological polar surface area (TPSA) is 64.5 Å². The van der Waals surface area contributed by atoms with Crippen LogP contribution in [0, 0.1) is 0 Å². The number of fused-ring (bicyclic) bond motifs is 1. The lowest BCUT2D eigenvalue weighted by Gasteiger charge is -2.10. The molecule has 6 heteroatoms. The van der Waals surface area contributed by atoms with Crippen LogP contribution >= 0.6 is 11.6 Å². The number of benzene rings is 4. The highest BCUT2D eigenvalue weighted by Gasteiger charge is 2.14. The van der Waals surface area contributed by atoms with Gasteiger partial charge < -0.3 is 0 Å². The first-order valence-electron chi connectivity index (χ1n) is 11.1. The molecule has 0 fully saturated rings. The van der Waals surface area contributed by atoms with E-state index in [1.807, 2.05) is 109 Å². The Balaban J connectivity index is 1.50. The highest BCUT2D eigenvalue weighted by molar-refractivity contribution is 6.32. The first-order valence-corrected chi connectivity index (χ1v) is 11.5. The number of halogens is 1. The summed E-state index contributed by atoms with van der Waals surface area (Å²) >= 11 is 6.53. The standard InChI is InChI=1S/C29H18ClN5/c30-26-25(31-23-16-7-8-17-24(23)32-26)21-14-9-15-22(18-21)29-34-27(19-10-3-1-4-11-19)33-28(35-29)20-12-5-2-6-13-20/h1-18H. The van der Waals surface area contributed by atoms with E-state index in [1.165, 1.54) is 0 Å². The Morgan fingerprint density at radius 2 is 0.857 bits per heavy atom. The van der Waals surface area contributed by atoms with Crippen molar-refractivity contribution < 1.29 is 0 Å². The van der Waals surface area contributed by atoms with Crippen molar-refractivity contribution in [2.45, 2.75) is 0 Å². The summed E-state index contributed by atoms with van der Waals surface area (Å²) in [5, 5.41) is 0.353. The largest absolute Gasteiger partial charge is 0.243 e. The molecule has 0 bridgehead atoms. The van der Waals surface area contributed by atoms with E-state index in [-0.39, 0.29) is 0 Å². The zero-order valence-electron chi connectivity index (χ0n) is 18.5. The van der Waals surface area contributed by atoms with Crippen LogP contribution in [0.5, 0.6) is 0 Å². The molecular formula is C29H18ClN5. The number of nitrogens with zero attached hydrogens (tertiary/aromatic N) is 5. The van der Waals surface area contributed by atoms with Crippen molar-refractivity contribution in [2.24, 2.45) is 0 Å². The zero-order valence-corrected chi connectivity index (χ0v) is 19.3. The van der Waals surface area contributed by atoms with E-state index in [1.54, 1.807) is 0 Å². The van der Waals surface area contributed by atoms with Crippen molar-refractivity contribution in [3.63, 3.8) is 0 Å². The second-order valence-corrected chi connectivity index (χ2v) is 8.33. The van der Waals surface area contributed by atoms with Crippen molar-refractivity contribution in [3.05, 3.63) is 114 Å². The van der Waals surface area contributed by atoms with E-state index < -0.39 is 0 Å². The van der Waals surface area contributed by atoms with Crippen LogP contribution in [0.15, 0.2) is 109 Å². The highest BCUT2D eigenvalue weighted by Crippen LogP contribution is 2.30. The minimum absolute atomic E-state index is 0.353. The number of rotatable bonds is 4. The normalized spacial score (nSPS) is 11.0. The van der Waals surface area contributed by atoms with Gasteiger partial charge in [0.25, 0.3) is 0 Å². The third-order valence-electron chi connectivity index (χ3n) is 5.62. The summed E-state index contributed by atoms with van der Waals surface area (Å²) in [5.41, 5.74) is 5.69. The van der Waals surface area contributed by atoms with Gasteiger partial charge in [0.2, 0.25) is 0 Å². The quantitative estimate of drug-likeness (QED) is 0.273. The van der Waals surface area contributed by atoms with E-state index in [4.69, 9.17) is 31.5 Å². The molecule has 35 heavy (non-hydrogen) atoms. The van der Waals surface area contributed by atoms with E-state index >= 15 is 0 Å². The van der Waals surface area contributed by atoms with Crippen LogP contribution in [0.1, 0.15) is 0 Å². The van der Waals surface area contributed by atoms with Gasteiger partial charge in [-0.3, -0.25) is 0 Å². The third-order valence-corrected chi connectivity index (χ3v) is 5.89. The molecule has 5 nitrogen and oxygen atoms in total.